The Bertz CT molecular complexity index is 516. The molecule has 0 fully saturated rings. The number of hydrogen-bond donors (Lipinski definition) is 2. The molecule has 0 amide bonds. The maximum absolute atomic E-state index is 9.22. The zero-order valence-electron chi connectivity index (χ0n) is 11.6. The SMILES string of the molecule is NCc1cc(CN(CCO)Cc2ccccc2)ccn1. The van der Waals surface area contributed by atoms with E-state index >= 15 is 0 Å². The van der Waals surface area contributed by atoms with Crippen molar-refractivity contribution in [3.8, 4) is 0 Å². The van der Waals surface area contributed by atoms with E-state index in [1.807, 2.05) is 30.3 Å². The lowest BCUT2D eigenvalue weighted by molar-refractivity contribution is 0.184. The van der Waals surface area contributed by atoms with Crippen LogP contribution in [0.15, 0.2) is 48.7 Å². The summed E-state index contributed by atoms with van der Waals surface area (Å²) in [5.74, 6) is 0. The van der Waals surface area contributed by atoms with Crippen LogP contribution in [0.5, 0.6) is 0 Å². The number of aliphatic hydroxyl groups is 1. The number of nitrogens with zero attached hydrogens (tertiary/aromatic N) is 2. The highest BCUT2D eigenvalue weighted by atomic mass is 16.3. The molecule has 0 unspecified atom stereocenters. The molecule has 0 atom stereocenters. The van der Waals surface area contributed by atoms with Crippen LogP contribution in [-0.4, -0.2) is 28.1 Å². The molecule has 20 heavy (non-hydrogen) atoms. The summed E-state index contributed by atoms with van der Waals surface area (Å²) in [4.78, 5) is 6.42. The fourth-order valence-electron chi connectivity index (χ4n) is 2.19. The molecule has 1 aromatic carbocycles. The quantitative estimate of drug-likeness (QED) is 0.802. The highest BCUT2D eigenvalue weighted by Gasteiger charge is 2.07. The number of benzene rings is 1. The van der Waals surface area contributed by atoms with Gasteiger partial charge in [0, 0.05) is 32.4 Å². The van der Waals surface area contributed by atoms with Crippen molar-refractivity contribution in [3.63, 3.8) is 0 Å². The minimum absolute atomic E-state index is 0.154. The van der Waals surface area contributed by atoms with E-state index in [0.29, 0.717) is 13.1 Å². The minimum atomic E-state index is 0.154. The molecular formula is C16H21N3O. The Morgan fingerprint density at radius 3 is 2.50 bits per heavy atom. The lowest BCUT2D eigenvalue weighted by atomic mass is 10.1. The first-order valence-electron chi connectivity index (χ1n) is 6.83. The molecule has 0 aliphatic carbocycles. The number of nitrogens with two attached hydrogens (primary N) is 1. The van der Waals surface area contributed by atoms with Crippen LogP contribution in [0.2, 0.25) is 0 Å². The van der Waals surface area contributed by atoms with Crippen molar-refractivity contribution >= 4 is 0 Å². The average Bonchev–Trinajstić information content (AvgIpc) is 2.49. The highest BCUT2D eigenvalue weighted by molar-refractivity contribution is 5.18. The van der Waals surface area contributed by atoms with Crippen LogP contribution in [0.4, 0.5) is 0 Å². The topological polar surface area (TPSA) is 62.4 Å². The predicted octanol–water partition coefficient (Wildman–Crippen LogP) is 1.53. The van der Waals surface area contributed by atoms with Crippen LogP contribution in [0.3, 0.4) is 0 Å². The molecule has 4 nitrogen and oxygen atoms in total. The third kappa shape index (κ3) is 4.42. The van der Waals surface area contributed by atoms with Gasteiger partial charge in [-0.3, -0.25) is 9.88 Å². The molecule has 1 aromatic heterocycles. The van der Waals surface area contributed by atoms with E-state index in [2.05, 4.69) is 22.0 Å². The number of rotatable bonds is 7. The van der Waals surface area contributed by atoms with Gasteiger partial charge in [0.2, 0.25) is 0 Å². The summed E-state index contributed by atoms with van der Waals surface area (Å²) in [6.45, 7) is 2.86. The summed E-state index contributed by atoms with van der Waals surface area (Å²) in [7, 11) is 0. The average molecular weight is 271 g/mol. The first-order chi connectivity index (χ1) is 9.81. The van der Waals surface area contributed by atoms with Crippen molar-refractivity contribution in [1.82, 2.24) is 9.88 Å². The highest BCUT2D eigenvalue weighted by Crippen LogP contribution is 2.10. The molecule has 0 aliphatic heterocycles. The second kappa shape index (κ2) is 7.75. The molecule has 0 saturated heterocycles. The van der Waals surface area contributed by atoms with Crippen molar-refractivity contribution in [1.29, 1.82) is 0 Å². The molecule has 0 radical (unpaired) electrons. The van der Waals surface area contributed by atoms with Crippen LogP contribution >= 0.6 is 0 Å². The maximum atomic E-state index is 9.22. The van der Waals surface area contributed by atoms with E-state index in [-0.39, 0.29) is 6.61 Å². The van der Waals surface area contributed by atoms with Crippen LogP contribution < -0.4 is 5.73 Å². The van der Waals surface area contributed by atoms with Crippen molar-refractivity contribution in [2.24, 2.45) is 5.73 Å². The van der Waals surface area contributed by atoms with E-state index < -0.39 is 0 Å². The van der Waals surface area contributed by atoms with E-state index in [1.165, 1.54) is 11.1 Å². The zero-order valence-corrected chi connectivity index (χ0v) is 11.6. The van der Waals surface area contributed by atoms with Gasteiger partial charge in [-0.25, -0.2) is 0 Å². The van der Waals surface area contributed by atoms with Gasteiger partial charge in [-0.05, 0) is 23.3 Å². The molecule has 1 heterocycles. The summed E-state index contributed by atoms with van der Waals surface area (Å²) in [6.07, 6.45) is 1.79. The van der Waals surface area contributed by atoms with E-state index in [4.69, 9.17) is 5.73 Å². The predicted molar refractivity (Wildman–Crippen MR) is 79.8 cm³/mol. The molecule has 2 rings (SSSR count). The summed E-state index contributed by atoms with van der Waals surface area (Å²) in [5, 5.41) is 9.22. The number of aromatic nitrogens is 1. The Hall–Kier alpha value is -1.75. The lowest BCUT2D eigenvalue weighted by Gasteiger charge is -2.21. The van der Waals surface area contributed by atoms with Gasteiger partial charge in [0.25, 0.3) is 0 Å². The Labute approximate surface area is 119 Å². The van der Waals surface area contributed by atoms with E-state index in [9.17, 15) is 5.11 Å². The van der Waals surface area contributed by atoms with Crippen LogP contribution in [-0.2, 0) is 19.6 Å². The van der Waals surface area contributed by atoms with Crippen molar-refractivity contribution in [3.05, 3.63) is 65.5 Å². The molecule has 0 saturated carbocycles. The summed E-state index contributed by atoms with van der Waals surface area (Å²) >= 11 is 0. The molecule has 0 aliphatic rings. The fraction of sp³-hybridized carbons (Fsp3) is 0.312. The molecule has 0 spiro atoms. The summed E-state index contributed by atoms with van der Waals surface area (Å²) in [6, 6.07) is 14.3. The lowest BCUT2D eigenvalue weighted by Crippen LogP contribution is -2.26. The van der Waals surface area contributed by atoms with Crippen molar-refractivity contribution < 1.29 is 5.11 Å². The number of hydrogen-bond acceptors (Lipinski definition) is 4. The van der Waals surface area contributed by atoms with Gasteiger partial charge in [0.15, 0.2) is 0 Å². The summed E-state index contributed by atoms with van der Waals surface area (Å²) in [5.41, 5.74) is 8.93. The first-order valence-corrected chi connectivity index (χ1v) is 6.83. The molecule has 2 aromatic rings. The smallest absolute Gasteiger partial charge is 0.0558 e. The van der Waals surface area contributed by atoms with E-state index in [0.717, 1.165) is 18.8 Å². The fourth-order valence-corrected chi connectivity index (χ4v) is 2.19. The summed E-state index contributed by atoms with van der Waals surface area (Å²) < 4.78 is 0. The molecular weight excluding hydrogens is 250 g/mol. The maximum Gasteiger partial charge on any atom is 0.0558 e. The van der Waals surface area contributed by atoms with Gasteiger partial charge < -0.3 is 10.8 Å². The van der Waals surface area contributed by atoms with Crippen LogP contribution in [0.1, 0.15) is 16.8 Å². The van der Waals surface area contributed by atoms with Gasteiger partial charge in [0.05, 0.1) is 12.3 Å². The van der Waals surface area contributed by atoms with Gasteiger partial charge in [-0.1, -0.05) is 30.3 Å². The van der Waals surface area contributed by atoms with Gasteiger partial charge in [-0.2, -0.15) is 0 Å². The zero-order chi connectivity index (χ0) is 14.2. The Kier molecular flexibility index (Phi) is 5.68. The van der Waals surface area contributed by atoms with Crippen LogP contribution in [0, 0.1) is 0 Å². The van der Waals surface area contributed by atoms with Gasteiger partial charge in [-0.15, -0.1) is 0 Å². The standard InChI is InChI=1S/C16H21N3O/c17-11-16-10-15(6-7-18-16)13-19(8-9-20)12-14-4-2-1-3-5-14/h1-7,10,20H,8-9,11-13,17H2. The van der Waals surface area contributed by atoms with Crippen LogP contribution in [0.25, 0.3) is 0 Å². The Morgan fingerprint density at radius 2 is 1.80 bits per heavy atom. The first kappa shape index (κ1) is 14.7. The Balaban J connectivity index is 2.04. The second-order valence-electron chi connectivity index (χ2n) is 4.78. The largest absolute Gasteiger partial charge is 0.395 e. The number of pyridine rings is 1. The minimum Gasteiger partial charge on any atom is -0.395 e. The van der Waals surface area contributed by atoms with Gasteiger partial charge in [0.1, 0.15) is 0 Å². The third-order valence-electron chi connectivity index (χ3n) is 3.16. The Morgan fingerprint density at radius 1 is 1.05 bits per heavy atom. The monoisotopic (exact) mass is 271 g/mol. The molecule has 0 bridgehead atoms. The van der Waals surface area contributed by atoms with Gasteiger partial charge >= 0.3 is 0 Å². The second-order valence-corrected chi connectivity index (χ2v) is 4.78. The molecule has 3 N–H and O–H groups in total. The van der Waals surface area contributed by atoms with Crippen molar-refractivity contribution in [2.75, 3.05) is 13.2 Å². The normalized spacial score (nSPS) is 10.9. The molecule has 4 heteroatoms. The van der Waals surface area contributed by atoms with E-state index in [1.54, 1.807) is 6.20 Å². The third-order valence-corrected chi connectivity index (χ3v) is 3.16. The van der Waals surface area contributed by atoms with Crippen molar-refractivity contribution in [2.45, 2.75) is 19.6 Å². The number of aliphatic hydroxyl groups excluding tert-OH is 1. The molecule has 106 valence electrons.